The molecule has 0 saturated heterocycles. The maximum absolute atomic E-state index is 12.9. The van der Waals surface area contributed by atoms with Crippen LogP contribution in [0.4, 0.5) is 5.69 Å². The Morgan fingerprint density at radius 2 is 1.79 bits per heavy atom. The number of amides is 1. The Morgan fingerprint density at radius 3 is 2.54 bits per heavy atom. The zero-order valence-electron chi connectivity index (χ0n) is 16.3. The van der Waals surface area contributed by atoms with Crippen LogP contribution in [0.2, 0.25) is 0 Å². The van der Waals surface area contributed by atoms with Crippen molar-refractivity contribution in [3.63, 3.8) is 0 Å². The minimum absolute atomic E-state index is 0.00589. The lowest BCUT2D eigenvalue weighted by molar-refractivity contribution is -0.120. The molecule has 0 aliphatic heterocycles. The zero-order chi connectivity index (χ0) is 19.7. The van der Waals surface area contributed by atoms with E-state index in [-0.39, 0.29) is 11.8 Å². The van der Waals surface area contributed by atoms with Crippen molar-refractivity contribution in [1.82, 2.24) is 4.98 Å². The number of aryl methyl sites for hydroxylation is 1. The van der Waals surface area contributed by atoms with Gasteiger partial charge in [-0.2, -0.15) is 0 Å². The molecule has 146 valence electrons. The summed E-state index contributed by atoms with van der Waals surface area (Å²) < 4.78 is 16.0. The highest BCUT2D eigenvalue weighted by atomic mass is 16.5. The number of hydrogen-bond acceptors (Lipinski definition) is 4. The van der Waals surface area contributed by atoms with Gasteiger partial charge in [-0.25, -0.2) is 0 Å². The van der Waals surface area contributed by atoms with Crippen molar-refractivity contribution in [2.75, 3.05) is 26.6 Å². The number of methoxy groups -OCH3 is 3. The third-order valence-electron chi connectivity index (χ3n) is 5.43. The summed E-state index contributed by atoms with van der Waals surface area (Å²) in [7, 11) is 4.85. The first-order valence-electron chi connectivity index (χ1n) is 9.33. The molecule has 0 bridgehead atoms. The molecule has 2 aromatic carbocycles. The second-order valence-electron chi connectivity index (χ2n) is 6.99. The van der Waals surface area contributed by atoms with Gasteiger partial charge >= 0.3 is 0 Å². The molecule has 1 atom stereocenters. The van der Waals surface area contributed by atoms with Crippen molar-refractivity contribution in [3.05, 3.63) is 47.7 Å². The Kier molecular flexibility index (Phi) is 4.86. The van der Waals surface area contributed by atoms with Crippen LogP contribution in [-0.4, -0.2) is 32.2 Å². The molecule has 6 nitrogen and oxygen atoms in total. The Morgan fingerprint density at radius 1 is 1.04 bits per heavy atom. The number of benzene rings is 2. The van der Waals surface area contributed by atoms with Gasteiger partial charge in [-0.05, 0) is 55.2 Å². The fourth-order valence-corrected chi connectivity index (χ4v) is 3.88. The fraction of sp³-hybridized carbons (Fsp3) is 0.318. The SMILES string of the molecule is COc1ccc(NC(=O)C2CCc3[nH]c4ccc(OC)cc4c3C2)c(OC)c1. The minimum atomic E-state index is -0.0930. The van der Waals surface area contributed by atoms with E-state index >= 15 is 0 Å². The van der Waals surface area contributed by atoms with Crippen LogP contribution in [0.3, 0.4) is 0 Å². The molecule has 1 aliphatic carbocycles. The van der Waals surface area contributed by atoms with Crippen LogP contribution >= 0.6 is 0 Å². The number of anilines is 1. The average molecular weight is 380 g/mol. The lowest BCUT2D eigenvalue weighted by Crippen LogP contribution is -2.28. The van der Waals surface area contributed by atoms with E-state index < -0.39 is 0 Å². The van der Waals surface area contributed by atoms with E-state index in [1.807, 2.05) is 24.3 Å². The fourth-order valence-electron chi connectivity index (χ4n) is 3.88. The summed E-state index contributed by atoms with van der Waals surface area (Å²) in [6, 6.07) is 11.4. The molecule has 3 aromatic rings. The van der Waals surface area contributed by atoms with Crippen LogP contribution in [-0.2, 0) is 17.6 Å². The van der Waals surface area contributed by atoms with E-state index in [4.69, 9.17) is 14.2 Å². The molecule has 1 amide bonds. The van der Waals surface area contributed by atoms with Gasteiger partial charge in [0.1, 0.15) is 17.2 Å². The van der Waals surface area contributed by atoms with Crippen molar-refractivity contribution in [3.8, 4) is 17.2 Å². The van der Waals surface area contributed by atoms with Crippen molar-refractivity contribution >= 4 is 22.5 Å². The molecule has 0 spiro atoms. The number of aromatic amines is 1. The molecule has 0 fully saturated rings. The molecule has 1 heterocycles. The van der Waals surface area contributed by atoms with Crippen LogP contribution in [0.25, 0.3) is 10.9 Å². The molecule has 1 aromatic heterocycles. The first-order chi connectivity index (χ1) is 13.6. The average Bonchev–Trinajstić information content (AvgIpc) is 3.10. The standard InChI is InChI=1S/C22H24N2O4/c1-26-14-5-8-19-17(11-14)16-10-13(4-7-18(16)23-19)22(25)24-20-9-6-15(27-2)12-21(20)28-3/h5-6,8-9,11-13,23H,4,7,10H2,1-3H3,(H,24,25). The number of fused-ring (bicyclic) bond motifs is 3. The van der Waals surface area contributed by atoms with E-state index in [2.05, 4.69) is 10.3 Å². The lowest BCUT2D eigenvalue weighted by Gasteiger charge is -2.22. The zero-order valence-corrected chi connectivity index (χ0v) is 16.3. The molecule has 0 saturated carbocycles. The van der Waals surface area contributed by atoms with E-state index in [0.717, 1.165) is 29.5 Å². The van der Waals surface area contributed by atoms with Gasteiger partial charge in [0.2, 0.25) is 5.91 Å². The van der Waals surface area contributed by atoms with Gasteiger partial charge in [-0.1, -0.05) is 0 Å². The largest absolute Gasteiger partial charge is 0.497 e. The van der Waals surface area contributed by atoms with E-state index in [9.17, 15) is 4.79 Å². The maximum Gasteiger partial charge on any atom is 0.227 e. The lowest BCUT2D eigenvalue weighted by atomic mass is 9.85. The second-order valence-corrected chi connectivity index (χ2v) is 6.99. The summed E-state index contributed by atoms with van der Waals surface area (Å²) in [6.07, 6.45) is 2.36. The molecule has 4 rings (SSSR count). The molecule has 6 heteroatoms. The minimum Gasteiger partial charge on any atom is -0.497 e. The highest BCUT2D eigenvalue weighted by molar-refractivity contribution is 5.95. The first-order valence-corrected chi connectivity index (χ1v) is 9.33. The number of nitrogens with one attached hydrogen (secondary N) is 2. The molecule has 2 N–H and O–H groups in total. The van der Waals surface area contributed by atoms with Crippen LogP contribution in [0.5, 0.6) is 17.2 Å². The van der Waals surface area contributed by atoms with Crippen molar-refractivity contribution < 1.29 is 19.0 Å². The molecule has 0 radical (unpaired) electrons. The normalized spacial score (nSPS) is 15.8. The van der Waals surface area contributed by atoms with Gasteiger partial charge in [0.15, 0.2) is 0 Å². The summed E-state index contributed by atoms with van der Waals surface area (Å²) in [4.78, 5) is 16.4. The number of aromatic nitrogens is 1. The number of carbonyl (C=O) groups excluding carboxylic acids is 1. The van der Waals surface area contributed by atoms with Gasteiger partial charge in [0, 0.05) is 28.6 Å². The molecule has 1 aliphatic rings. The van der Waals surface area contributed by atoms with Crippen LogP contribution in [0, 0.1) is 5.92 Å². The van der Waals surface area contributed by atoms with Crippen LogP contribution in [0.15, 0.2) is 36.4 Å². The highest BCUT2D eigenvalue weighted by Crippen LogP contribution is 2.35. The second kappa shape index (κ2) is 7.46. The van der Waals surface area contributed by atoms with Crippen LogP contribution in [0.1, 0.15) is 17.7 Å². The van der Waals surface area contributed by atoms with E-state index in [1.54, 1.807) is 33.5 Å². The van der Waals surface area contributed by atoms with Crippen molar-refractivity contribution in [2.24, 2.45) is 5.92 Å². The number of ether oxygens (including phenoxy) is 3. The van der Waals surface area contributed by atoms with Gasteiger partial charge in [0.05, 0.1) is 27.0 Å². The Balaban J connectivity index is 1.56. The van der Waals surface area contributed by atoms with Crippen LogP contribution < -0.4 is 19.5 Å². The summed E-state index contributed by atoms with van der Waals surface area (Å²) in [5, 5.41) is 4.15. The molecule has 28 heavy (non-hydrogen) atoms. The molecular formula is C22H24N2O4. The summed E-state index contributed by atoms with van der Waals surface area (Å²) in [6.45, 7) is 0. The maximum atomic E-state index is 12.9. The summed E-state index contributed by atoms with van der Waals surface area (Å²) >= 11 is 0. The summed E-state index contributed by atoms with van der Waals surface area (Å²) in [5.74, 6) is 2.01. The van der Waals surface area contributed by atoms with Gasteiger partial charge < -0.3 is 24.5 Å². The van der Waals surface area contributed by atoms with Gasteiger partial charge in [-0.15, -0.1) is 0 Å². The first kappa shape index (κ1) is 18.2. The number of H-pyrrole nitrogens is 1. The number of carbonyl (C=O) groups is 1. The quantitative estimate of drug-likeness (QED) is 0.703. The third kappa shape index (κ3) is 3.26. The predicted molar refractivity (Wildman–Crippen MR) is 109 cm³/mol. The highest BCUT2D eigenvalue weighted by Gasteiger charge is 2.28. The van der Waals surface area contributed by atoms with Crippen molar-refractivity contribution in [1.29, 1.82) is 0 Å². The Bertz CT molecular complexity index is 1020. The molecule has 1 unspecified atom stereocenters. The Labute approximate surface area is 163 Å². The van der Waals surface area contributed by atoms with Gasteiger partial charge in [-0.3, -0.25) is 4.79 Å². The van der Waals surface area contributed by atoms with Crippen molar-refractivity contribution in [2.45, 2.75) is 19.3 Å². The summed E-state index contributed by atoms with van der Waals surface area (Å²) in [5.41, 5.74) is 4.17. The Hall–Kier alpha value is -3.15. The molecular weight excluding hydrogens is 356 g/mol. The topological polar surface area (TPSA) is 72.6 Å². The monoisotopic (exact) mass is 380 g/mol. The van der Waals surface area contributed by atoms with E-state index in [0.29, 0.717) is 23.6 Å². The third-order valence-corrected chi connectivity index (χ3v) is 5.43. The van der Waals surface area contributed by atoms with E-state index in [1.165, 1.54) is 11.3 Å². The smallest absolute Gasteiger partial charge is 0.227 e. The number of rotatable bonds is 5. The van der Waals surface area contributed by atoms with Gasteiger partial charge in [0.25, 0.3) is 0 Å². The predicted octanol–water partition coefficient (Wildman–Crippen LogP) is 3.94. The number of hydrogen-bond donors (Lipinski definition) is 2.